The molecule has 2 aliphatic rings. The van der Waals surface area contributed by atoms with Gasteiger partial charge >= 0.3 is 0 Å². The van der Waals surface area contributed by atoms with Crippen molar-refractivity contribution in [2.24, 2.45) is 0 Å². The summed E-state index contributed by atoms with van der Waals surface area (Å²) in [7, 11) is 0. The molecule has 2 aromatic heterocycles. The second-order valence-electron chi connectivity index (χ2n) is 4.74. The van der Waals surface area contributed by atoms with Crippen LogP contribution in [0.1, 0.15) is 31.0 Å². The van der Waals surface area contributed by atoms with Gasteiger partial charge in [-0.2, -0.15) is 9.61 Å². The smallest absolute Gasteiger partial charge is 0.177 e. The molecule has 0 amide bonds. The lowest BCUT2D eigenvalue weighted by atomic mass is 9.89. The van der Waals surface area contributed by atoms with Gasteiger partial charge in [-0.3, -0.25) is 0 Å². The summed E-state index contributed by atoms with van der Waals surface area (Å²) in [6.45, 7) is 0. The highest BCUT2D eigenvalue weighted by molar-refractivity contribution is 5.36. The summed E-state index contributed by atoms with van der Waals surface area (Å²) in [5, 5.41) is 16.4. The van der Waals surface area contributed by atoms with Crippen LogP contribution in [0.2, 0.25) is 0 Å². The van der Waals surface area contributed by atoms with Crippen molar-refractivity contribution in [2.75, 3.05) is 0 Å². The predicted molar refractivity (Wildman–Crippen MR) is 58.1 cm³/mol. The summed E-state index contributed by atoms with van der Waals surface area (Å²) in [6.07, 6.45) is 5.55. The van der Waals surface area contributed by atoms with Crippen molar-refractivity contribution < 1.29 is 0 Å². The van der Waals surface area contributed by atoms with Gasteiger partial charge in [0.05, 0.1) is 0 Å². The lowest BCUT2D eigenvalue weighted by molar-refractivity contribution is 0.478. The number of nitrogens with one attached hydrogen (secondary N) is 1. The van der Waals surface area contributed by atoms with Gasteiger partial charge in [0.15, 0.2) is 11.5 Å². The van der Waals surface area contributed by atoms with Crippen LogP contribution in [0.4, 0.5) is 0 Å². The molecule has 0 aromatic carbocycles. The zero-order chi connectivity index (χ0) is 10.5. The van der Waals surface area contributed by atoms with Crippen LogP contribution in [0, 0.1) is 0 Å². The van der Waals surface area contributed by atoms with Crippen molar-refractivity contribution in [3.63, 3.8) is 0 Å². The van der Waals surface area contributed by atoms with Gasteiger partial charge in [-0.25, -0.2) is 0 Å². The first-order chi connectivity index (χ1) is 7.92. The molecule has 4 heterocycles. The second-order valence-corrected chi connectivity index (χ2v) is 4.74. The molecule has 2 aromatic rings. The maximum Gasteiger partial charge on any atom is 0.177 e. The van der Waals surface area contributed by atoms with Gasteiger partial charge in [0.2, 0.25) is 0 Å². The lowest BCUT2D eigenvalue weighted by Gasteiger charge is -2.17. The minimum absolute atomic E-state index is 0.489. The van der Waals surface area contributed by atoms with Crippen LogP contribution in [0.5, 0.6) is 0 Å². The Kier molecular flexibility index (Phi) is 1.62. The fourth-order valence-electron chi connectivity index (χ4n) is 3.10. The van der Waals surface area contributed by atoms with E-state index >= 15 is 0 Å². The Labute approximate surface area is 92.9 Å². The summed E-state index contributed by atoms with van der Waals surface area (Å²) in [6, 6.07) is 5.11. The minimum Gasteiger partial charge on any atom is -0.310 e. The summed E-state index contributed by atoms with van der Waals surface area (Å²) in [5.74, 6) is 1.51. The van der Waals surface area contributed by atoms with Gasteiger partial charge in [-0.15, -0.1) is 10.2 Å². The number of rotatable bonds is 1. The Morgan fingerprint density at radius 1 is 1.31 bits per heavy atom. The molecular formula is C11H13N5. The van der Waals surface area contributed by atoms with Crippen molar-refractivity contribution in [3.8, 4) is 0 Å². The standard InChI is InChI=1S/C11H13N5/c1-2-10-14-15-11(16(10)12-5-1)8-6-7-3-4-9(8)13-7/h1-2,5,7-9,13H,3-4,6H2. The summed E-state index contributed by atoms with van der Waals surface area (Å²) in [4.78, 5) is 0. The van der Waals surface area contributed by atoms with Crippen LogP contribution < -0.4 is 5.32 Å². The molecule has 1 N–H and O–H groups in total. The molecule has 0 saturated carbocycles. The maximum atomic E-state index is 4.33. The number of aromatic nitrogens is 4. The Bertz CT molecular complexity index is 534. The maximum absolute atomic E-state index is 4.33. The third kappa shape index (κ3) is 1.06. The molecule has 2 saturated heterocycles. The van der Waals surface area contributed by atoms with Gasteiger partial charge in [0.25, 0.3) is 0 Å². The molecule has 5 nitrogen and oxygen atoms in total. The number of hydrogen-bond acceptors (Lipinski definition) is 4. The van der Waals surface area contributed by atoms with Crippen LogP contribution in [0.25, 0.3) is 5.65 Å². The Morgan fingerprint density at radius 2 is 2.31 bits per heavy atom. The SMILES string of the molecule is c1cnn2c(C3CC4CCC3N4)nnc2c1. The molecule has 4 rings (SSSR count). The zero-order valence-electron chi connectivity index (χ0n) is 8.87. The van der Waals surface area contributed by atoms with Crippen LogP contribution in [0.3, 0.4) is 0 Å². The first kappa shape index (κ1) is 8.64. The second kappa shape index (κ2) is 3.01. The van der Waals surface area contributed by atoms with E-state index in [4.69, 9.17) is 0 Å². The number of fused-ring (bicyclic) bond motifs is 3. The molecule has 3 unspecified atom stereocenters. The quantitative estimate of drug-likeness (QED) is 0.762. The van der Waals surface area contributed by atoms with Crippen LogP contribution in [0.15, 0.2) is 18.3 Å². The molecule has 3 atom stereocenters. The molecule has 2 bridgehead atoms. The molecule has 16 heavy (non-hydrogen) atoms. The molecule has 82 valence electrons. The van der Waals surface area contributed by atoms with Crippen molar-refractivity contribution >= 4 is 5.65 Å². The summed E-state index contributed by atoms with van der Waals surface area (Å²) < 4.78 is 1.88. The van der Waals surface area contributed by atoms with Crippen molar-refractivity contribution in [1.29, 1.82) is 0 Å². The highest BCUT2D eigenvalue weighted by Gasteiger charge is 2.42. The summed E-state index contributed by atoms with van der Waals surface area (Å²) in [5.41, 5.74) is 0.847. The number of hydrogen-bond donors (Lipinski definition) is 1. The van der Waals surface area contributed by atoms with Gasteiger partial charge < -0.3 is 5.32 Å². The van der Waals surface area contributed by atoms with E-state index in [1.54, 1.807) is 6.20 Å². The Morgan fingerprint density at radius 3 is 3.12 bits per heavy atom. The molecule has 2 fully saturated rings. The largest absolute Gasteiger partial charge is 0.310 e. The van der Waals surface area contributed by atoms with Crippen LogP contribution >= 0.6 is 0 Å². The zero-order valence-corrected chi connectivity index (χ0v) is 8.87. The van der Waals surface area contributed by atoms with Crippen LogP contribution in [-0.2, 0) is 0 Å². The third-order valence-electron chi connectivity index (χ3n) is 3.83. The highest BCUT2D eigenvalue weighted by Crippen LogP contribution is 2.38. The molecular weight excluding hydrogens is 202 g/mol. The lowest BCUT2D eigenvalue weighted by Crippen LogP contribution is -2.23. The molecule has 0 radical (unpaired) electrons. The van der Waals surface area contributed by atoms with E-state index in [1.165, 1.54) is 19.3 Å². The van der Waals surface area contributed by atoms with Crippen LogP contribution in [-0.4, -0.2) is 31.9 Å². The predicted octanol–water partition coefficient (Wildman–Crippen LogP) is 0.732. The molecule has 2 aliphatic heterocycles. The van der Waals surface area contributed by atoms with E-state index in [1.807, 2.05) is 16.6 Å². The molecule has 0 aliphatic carbocycles. The third-order valence-corrected chi connectivity index (χ3v) is 3.83. The normalized spacial score (nSPS) is 32.6. The monoisotopic (exact) mass is 215 g/mol. The van der Waals surface area contributed by atoms with Gasteiger partial charge in [0.1, 0.15) is 0 Å². The topological polar surface area (TPSA) is 55.1 Å². The van der Waals surface area contributed by atoms with E-state index < -0.39 is 0 Å². The fraction of sp³-hybridized carbons (Fsp3) is 0.545. The fourth-order valence-corrected chi connectivity index (χ4v) is 3.10. The Hall–Kier alpha value is -1.49. The van der Waals surface area contributed by atoms with Gasteiger partial charge in [-0.1, -0.05) is 0 Å². The van der Waals surface area contributed by atoms with Gasteiger partial charge in [-0.05, 0) is 31.4 Å². The number of nitrogens with zero attached hydrogens (tertiary/aromatic N) is 4. The van der Waals surface area contributed by atoms with E-state index in [-0.39, 0.29) is 0 Å². The first-order valence-electron chi connectivity index (χ1n) is 5.84. The van der Waals surface area contributed by atoms with Crippen molar-refractivity contribution in [2.45, 2.75) is 37.3 Å². The van der Waals surface area contributed by atoms with E-state index in [0.29, 0.717) is 18.0 Å². The van der Waals surface area contributed by atoms with Crippen molar-refractivity contribution in [1.82, 2.24) is 25.1 Å². The first-order valence-corrected chi connectivity index (χ1v) is 5.84. The van der Waals surface area contributed by atoms with E-state index in [0.717, 1.165) is 11.5 Å². The Balaban J connectivity index is 1.82. The van der Waals surface area contributed by atoms with Crippen molar-refractivity contribution in [3.05, 3.63) is 24.2 Å². The summed E-state index contributed by atoms with van der Waals surface area (Å²) >= 11 is 0. The molecule has 0 spiro atoms. The average Bonchev–Trinajstić information content (AvgIpc) is 3.03. The highest BCUT2D eigenvalue weighted by atomic mass is 15.4. The van der Waals surface area contributed by atoms with Gasteiger partial charge in [0, 0.05) is 24.2 Å². The van der Waals surface area contributed by atoms with E-state index in [2.05, 4.69) is 20.6 Å². The average molecular weight is 215 g/mol. The minimum atomic E-state index is 0.489. The van der Waals surface area contributed by atoms with E-state index in [9.17, 15) is 0 Å². The molecule has 5 heteroatoms.